The van der Waals surface area contributed by atoms with Crippen LogP contribution in [0.2, 0.25) is 0 Å². The highest BCUT2D eigenvalue weighted by molar-refractivity contribution is 7.90. The Morgan fingerprint density at radius 3 is 2.62 bits per heavy atom. The number of ether oxygens (including phenoxy) is 3. The van der Waals surface area contributed by atoms with Crippen molar-refractivity contribution < 1.29 is 32.2 Å². The molecule has 2 aromatic carbocycles. The number of hydrogen-bond acceptors (Lipinski definition) is 7. The fourth-order valence-corrected chi connectivity index (χ4v) is 3.22. The van der Waals surface area contributed by atoms with Gasteiger partial charge in [0.25, 0.3) is 5.91 Å². The number of hydrogen-bond donors (Lipinski definition) is 1. The predicted molar refractivity (Wildman–Crippen MR) is 91.0 cm³/mol. The summed E-state index contributed by atoms with van der Waals surface area (Å²) in [5.74, 6) is -0.394. The Bertz CT molecular complexity index is 969. The number of rotatable bonds is 5. The molecule has 0 saturated carbocycles. The predicted octanol–water partition coefficient (Wildman–Crippen LogP) is 1.61. The quantitative estimate of drug-likeness (QED) is 0.789. The molecule has 1 heterocycles. The average Bonchev–Trinajstić information content (AvgIpc) is 3.06. The molecule has 136 valence electrons. The van der Waals surface area contributed by atoms with E-state index in [2.05, 4.69) is 5.32 Å². The van der Waals surface area contributed by atoms with E-state index in [4.69, 9.17) is 14.2 Å². The molecule has 0 radical (unpaired) electrons. The zero-order chi connectivity index (χ0) is 18.7. The summed E-state index contributed by atoms with van der Waals surface area (Å²) in [6.07, 6.45) is 0.992. The summed E-state index contributed by atoms with van der Waals surface area (Å²) >= 11 is 0. The van der Waals surface area contributed by atoms with Crippen molar-refractivity contribution in [2.24, 2.45) is 0 Å². The summed E-state index contributed by atoms with van der Waals surface area (Å²) in [5, 5.41) is 2.55. The lowest BCUT2D eigenvalue weighted by atomic mass is 10.2. The molecule has 1 aliphatic rings. The molecule has 0 bridgehead atoms. The van der Waals surface area contributed by atoms with E-state index in [1.54, 1.807) is 18.2 Å². The van der Waals surface area contributed by atoms with Crippen LogP contribution in [0.15, 0.2) is 47.4 Å². The van der Waals surface area contributed by atoms with Gasteiger partial charge in [-0.3, -0.25) is 4.79 Å². The maximum Gasteiger partial charge on any atom is 0.339 e. The summed E-state index contributed by atoms with van der Waals surface area (Å²) in [5.41, 5.74) is 0.331. The van der Waals surface area contributed by atoms with Crippen LogP contribution in [0.1, 0.15) is 10.4 Å². The molecule has 2 aromatic rings. The lowest BCUT2D eigenvalue weighted by Crippen LogP contribution is -2.21. The van der Waals surface area contributed by atoms with Crippen LogP contribution in [-0.2, 0) is 19.4 Å². The highest BCUT2D eigenvalue weighted by Gasteiger charge is 2.20. The van der Waals surface area contributed by atoms with E-state index in [9.17, 15) is 18.0 Å². The molecule has 0 aromatic heterocycles. The molecule has 3 rings (SSSR count). The molecular formula is C17H15NO7S. The van der Waals surface area contributed by atoms with Gasteiger partial charge in [0.15, 0.2) is 27.9 Å². The van der Waals surface area contributed by atoms with Gasteiger partial charge in [-0.25, -0.2) is 13.2 Å². The lowest BCUT2D eigenvalue weighted by Gasteiger charge is -2.09. The minimum absolute atomic E-state index is 0.115. The number of fused-ring (bicyclic) bond motifs is 1. The van der Waals surface area contributed by atoms with Crippen molar-refractivity contribution in [3.8, 4) is 11.5 Å². The Balaban J connectivity index is 1.62. The molecule has 0 spiro atoms. The van der Waals surface area contributed by atoms with Crippen LogP contribution >= 0.6 is 0 Å². The molecule has 1 amide bonds. The Hall–Kier alpha value is -3.07. The molecule has 0 atom stereocenters. The van der Waals surface area contributed by atoms with Gasteiger partial charge in [0.1, 0.15) is 0 Å². The summed E-state index contributed by atoms with van der Waals surface area (Å²) in [6, 6.07) is 10.5. The highest BCUT2D eigenvalue weighted by Crippen LogP contribution is 2.34. The third kappa shape index (κ3) is 3.94. The number of amides is 1. The Kier molecular flexibility index (Phi) is 4.81. The van der Waals surface area contributed by atoms with Crippen LogP contribution in [0, 0.1) is 0 Å². The lowest BCUT2D eigenvalue weighted by molar-refractivity contribution is -0.119. The standard InChI is InChI=1S/C17H15NO7S/c1-26(21,22)15-5-3-2-4-12(15)17(20)23-9-16(19)18-11-6-7-13-14(8-11)25-10-24-13/h2-8H,9-10H2,1H3,(H,18,19). The molecule has 0 fully saturated rings. The minimum atomic E-state index is -3.60. The van der Waals surface area contributed by atoms with Gasteiger partial charge in [0.2, 0.25) is 6.79 Å². The van der Waals surface area contributed by atoms with E-state index >= 15 is 0 Å². The first-order chi connectivity index (χ1) is 12.3. The SMILES string of the molecule is CS(=O)(=O)c1ccccc1C(=O)OCC(=O)Nc1ccc2c(c1)OCO2. The Morgan fingerprint density at radius 1 is 1.12 bits per heavy atom. The molecular weight excluding hydrogens is 362 g/mol. The fourth-order valence-electron chi connectivity index (χ4n) is 2.34. The third-order valence-electron chi connectivity index (χ3n) is 3.50. The maximum atomic E-state index is 12.1. The molecule has 8 nitrogen and oxygen atoms in total. The van der Waals surface area contributed by atoms with Crippen LogP contribution < -0.4 is 14.8 Å². The van der Waals surface area contributed by atoms with Gasteiger partial charge in [0, 0.05) is 18.0 Å². The monoisotopic (exact) mass is 377 g/mol. The van der Waals surface area contributed by atoms with Crippen LogP contribution in [0.3, 0.4) is 0 Å². The van der Waals surface area contributed by atoms with Crippen LogP contribution in [0.4, 0.5) is 5.69 Å². The van der Waals surface area contributed by atoms with Crippen LogP contribution in [-0.4, -0.2) is 39.9 Å². The van der Waals surface area contributed by atoms with Crippen LogP contribution in [0.5, 0.6) is 11.5 Å². The molecule has 9 heteroatoms. The van der Waals surface area contributed by atoms with E-state index in [1.165, 1.54) is 24.3 Å². The number of carbonyl (C=O) groups excluding carboxylic acids is 2. The van der Waals surface area contributed by atoms with Crippen molar-refractivity contribution in [1.29, 1.82) is 0 Å². The van der Waals surface area contributed by atoms with Gasteiger partial charge in [-0.05, 0) is 24.3 Å². The van der Waals surface area contributed by atoms with Crippen LogP contribution in [0.25, 0.3) is 0 Å². The fraction of sp³-hybridized carbons (Fsp3) is 0.176. The number of esters is 1. The van der Waals surface area contributed by atoms with Gasteiger partial charge < -0.3 is 19.5 Å². The van der Waals surface area contributed by atoms with Crippen molar-refractivity contribution in [2.45, 2.75) is 4.90 Å². The second kappa shape index (κ2) is 7.04. The second-order valence-corrected chi connectivity index (χ2v) is 7.44. The zero-order valence-corrected chi connectivity index (χ0v) is 14.5. The molecule has 0 aliphatic carbocycles. The van der Waals surface area contributed by atoms with E-state index < -0.39 is 28.3 Å². The number of sulfone groups is 1. The molecule has 1 N–H and O–H groups in total. The second-order valence-electron chi connectivity index (χ2n) is 5.46. The molecule has 26 heavy (non-hydrogen) atoms. The van der Waals surface area contributed by atoms with Crippen molar-refractivity contribution in [2.75, 3.05) is 25.0 Å². The van der Waals surface area contributed by atoms with Gasteiger partial charge >= 0.3 is 5.97 Å². The smallest absolute Gasteiger partial charge is 0.339 e. The van der Waals surface area contributed by atoms with E-state index in [0.29, 0.717) is 17.2 Å². The summed E-state index contributed by atoms with van der Waals surface area (Å²) in [7, 11) is -3.60. The van der Waals surface area contributed by atoms with Gasteiger partial charge in [0.05, 0.1) is 10.5 Å². The normalized spacial score (nSPS) is 12.5. The first-order valence-corrected chi connectivity index (χ1v) is 9.39. The van der Waals surface area contributed by atoms with E-state index in [-0.39, 0.29) is 17.3 Å². The first-order valence-electron chi connectivity index (χ1n) is 7.50. The Morgan fingerprint density at radius 2 is 1.85 bits per heavy atom. The summed E-state index contributed by atoms with van der Waals surface area (Å²) < 4.78 is 38.7. The van der Waals surface area contributed by atoms with Gasteiger partial charge in [-0.2, -0.15) is 0 Å². The maximum absolute atomic E-state index is 12.1. The molecule has 1 aliphatic heterocycles. The largest absolute Gasteiger partial charge is 0.454 e. The van der Waals surface area contributed by atoms with Crippen molar-refractivity contribution in [1.82, 2.24) is 0 Å². The number of benzene rings is 2. The van der Waals surface area contributed by atoms with Gasteiger partial charge in [-0.1, -0.05) is 12.1 Å². The molecule has 0 saturated heterocycles. The number of nitrogens with one attached hydrogen (secondary N) is 1. The van der Waals surface area contributed by atoms with E-state index in [0.717, 1.165) is 6.26 Å². The van der Waals surface area contributed by atoms with Crippen molar-refractivity contribution in [3.63, 3.8) is 0 Å². The summed E-state index contributed by atoms with van der Waals surface area (Å²) in [4.78, 5) is 23.9. The molecule has 0 unspecified atom stereocenters. The van der Waals surface area contributed by atoms with E-state index in [1.807, 2.05) is 0 Å². The summed E-state index contributed by atoms with van der Waals surface area (Å²) in [6.45, 7) is -0.449. The van der Waals surface area contributed by atoms with Gasteiger partial charge in [-0.15, -0.1) is 0 Å². The average molecular weight is 377 g/mol. The van der Waals surface area contributed by atoms with Crippen molar-refractivity contribution >= 4 is 27.4 Å². The van der Waals surface area contributed by atoms with Crippen molar-refractivity contribution in [3.05, 3.63) is 48.0 Å². The topological polar surface area (TPSA) is 108 Å². The zero-order valence-electron chi connectivity index (χ0n) is 13.7. The first kappa shape index (κ1) is 17.7. The number of anilines is 1. The minimum Gasteiger partial charge on any atom is -0.454 e. The third-order valence-corrected chi connectivity index (χ3v) is 4.65. The highest BCUT2D eigenvalue weighted by atomic mass is 32.2. The number of carbonyl (C=O) groups is 2. The Labute approximate surface area is 149 Å².